The van der Waals surface area contributed by atoms with Crippen LogP contribution in [0, 0.1) is 5.92 Å². The van der Waals surface area contributed by atoms with Gasteiger partial charge >= 0.3 is 6.18 Å². The summed E-state index contributed by atoms with van der Waals surface area (Å²) in [4.78, 5) is 29.0. The summed E-state index contributed by atoms with van der Waals surface area (Å²) in [7, 11) is 0. The fraction of sp³-hybridized carbons (Fsp3) is 0.682. The highest BCUT2D eigenvalue weighted by Gasteiger charge is 2.32. The monoisotopic (exact) mass is 483 g/mol. The zero-order chi connectivity index (χ0) is 23.0. The van der Waals surface area contributed by atoms with E-state index in [1.807, 2.05) is 5.32 Å². The minimum absolute atomic E-state index is 0.401. The van der Waals surface area contributed by atoms with Gasteiger partial charge in [-0.25, -0.2) is 9.97 Å². The number of ether oxygens (including phenoxy) is 1. The number of aryl methyl sites for hydroxylation is 2. The number of rotatable bonds is 5. The zero-order valence-corrected chi connectivity index (χ0v) is 19.2. The number of hydrogen-bond donors (Lipinski definition) is 1. The van der Waals surface area contributed by atoms with Crippen LogP contribution in [0.3, 0.4) is 0 Å². The van der Waals surface area contributed by atoms with E-state index in [2.05, 4.69) is 9.80 Å². The second-order valence-electron chi connectivity index (χ2n) is 8.98. The molecule has 0 radical (unpaired) electrons. The number of hydrogen-bond acceptors (Lipinski definition) is 7. The number of amides is 1. The Kier molecular flexibility index (Phi) is 6.45. The molecule has 1 aliphatic carbocycles. The largest absolute Gasteiger partial charge is 0.405 e. The molecule has 5 rings (SSSR count). The van der Waals surface area contributed by atoms with Crippen LogP contribution in [0.1, 0.15) is 35.5 Å². The molecule has 2 aromatic rings. The van der Waals surface area contributed by atoms with Gasteiger partial charge < -0.3 is 15.0 Å². The number of aromatic nitrogens is 2. The molecular weight excluding hydrogens is 455 g/mol. The van der Waals surface area contributed by atoms with Crippen LogP contribution in [0.4, 0.5) is 19.0 Å². The van der Waals surface area contributed by atoms with Crippen LogP contribution >= 0.6 is 11.3 Å². The van der Waals surface area contributed by atoms with Gasteiger partial charge in [-0.2, -0.15) is 13.2 Å². The van der Waals surface area contributed by atoms with Gasteiger partial charge in [0.05, 0.1) is 25.1 Å². The Balaban J connectivity index is 1.35. The van der Waals surface area contributed by atoms with Crippen molar-refractivity contribution in [3.8, 4) is 0 Å². The number of alkyl halides is 3. The number of thiophene rings is 1. The number of morpholine rings is 1. The number of anilines is 1. The van der Waals surface area contributed by atoms with E-state index in [4.69, 9.17) is 14.7 Å². The summed E-state index contributed by atoms with van der Waals surface area (Å²) < 4.78 is 42.8. The van der Waals surface area contributed by atoms with Crippen LogP contribution in [0.25, 0.3) is 10.2 Å². The van der Waals surface area contributed by atoms with Crippen molar-refractivity contribution in [2.75, 3.05) is 50.8 Å². The quantitative estimate of drug-likeness (QED) is 0.705. The van der Waals surface area contributed by atoms with Crippen molar-refractivity contribution in [3.63, 3.8) is 0 Å². The van der Waals surface area contributed by atoms with Gasteiger partial charge in [-0.3, -0.25) is 9.69 Å². The summed E-state index contributed by atoms with van der Waals surface area (Å²) in [6, 6.07) is 0. The summed E-state index contributed by atoms with van der Waals surface area (Å²) in [5.41, 5.74) is 1.35. The van der Waals surface area contributed by atoms with Crippen LogP contribution in [0.2, 0.25) is 0 Å². The highest BCUT2D eigenvalue weighted by molar-refractivity contribution is 7.19. The molecule has 0 atom stereocenters. The molecular formula is C22H28F3N5O2S. The Bertz CT molecular complexity index is 1010. The summed E-state index contributed by atoms with van der Waals surface area (Å²) in [6.45, 7) is 3.73. The molecule has 2 saturated heterocycles. The maximum atomic E-state index is 12.5. The van der Waals surface area contributed by atoms with Crippen LogP contribution in [-0.4, -0.2) is 72.9 Å². The van der Waals surface area contributed by atoms with Crippen LogP contribution < -0.4 is 10.2 Å². The fourth-order valence-electron chi connectivity index (χ4n) is 4.96. The number of nitrogens with zero attached hydrogens (tertiary/aromatic N) is 4. The fourth-order valence-corrected chi connectivity index (χ4v) is 6.24. The molecule has 11 heteroatoms. The van der Waals surface area contributed by atoms with E-state index in [1.54, 1.807) is 11.3 Å². The van der Waals surface area contributed by atoms with Crippen molar-refractivity contribution >= 4 is 33.3 Å². The van der Waals surface area contributed by atoms with Gasteiger partial charge in [-0.1, -0.05) is 0 Å². The lowest BCUT2D eigenvalue weighted by Gasteiger charge is -2.33. The molecule has 1 N–H and O–H groups in total. The molecule has 180 valence electrons. The van der Waals surface area contributed by atoms with Crippen molar-refractivity contribution in [1.29, 1.82) is 0 Å². The van der Waals surface area contributed by atoms with E-state index in [-0.39, 0.29) is 0 Å². The van der Waals surface area contributed by atoms with Gasteiger partial charge in [0.1, 0.15) is 23.0 Å². The van der Waals surface area contributed by atoms with Crippen molar-refractivity contribution in [3.05, 3.63) is 16.3 Å². The first-order chi connectivity index (χ1) is 15.9. The van der Waals surface area contributed by atoms with Crippen molar-refractivity contribution in [1.82, 2.24) is 20.2 Å². The van der Waals surface area contributed by atoms with E-state index < -0.39 is 24.5 Å². The number of halogens is 3. The highest BCUT2D eigenvalue weighted by atomic mass is 32.1. The van der Waals surface area contributed by atoms with Crippen molar-refractivity contribution in [2.24, 2.45) is 5.92 Å². The average molecular weight is 484 g/mol. The van der Waals surface area contributed by atoms with Gasteiger partial charge in [0.15, 0.2) is 0 Å². The first kappa shape index (κ1) is 22.8. The van der Waals surface area contributed by atoms with E-state index in [0.29, 0.717) is 45.7 Å². The van der Waals surface area contributed by atoms with Gasteiger partial charge in [0.25, 0.3) is 0 Å². The Labute approximate surface area is 194 Å². The molecule has 3 aliphatic rings. The number of piperidine rings is 1. The number of carbonyl (C=O) groups is 1. The Morgan fingerprint density at radius 3 is 2.61 bits per heavy atom. The minimum atomic E-state index is -4.39. The van der Waals surface area contributed by atoms with Crippen LogP contribution in [0.5, 0.6) is 0 Å². The maximum Gasteiger partial charge on any atom is 0.405 e. The first-order valence-corrected chi connectivity index (χ1v) is 12.4. The third-order valence-electron chi connectivity index (χ3n) is 6.69. The highest BCUT2D eigenvalue weighted by Crippen LogP contribution is 2.41. The van der Waals surface area contributed by atoms with Crippen molar-refractivity contribution in [2.45, 2.75) is 44.8 Å². The topological polar surface area (TPSA) is 70.6 Å². The first-order valence-electron chi connectivity index (χ1n) is 11.6. The van der Waals surface area contributed by atoms with E-state index in [1.165, 1.54) is 10.4 Å². The molecule has 0 saturated carbocycles. The predicted molar refractivity (Wildman–Crippen MR) is 120 cm³/mol. The molecule has 0 spiro atoms. The molecule has 2 aliphatic heterocycles. The smallest absolute Gasteiger partial charge is 0.379 e. The lowest BCUT2D eigenvalue weighted by Crippen LogP contribution is -2.43. The molecule has 0 bridgehead atoms. The molecule has 0 aromatic carbocycles. The van der Waals surface area contributed by atoms with E-state index >= 15 is 0 Å². The number of nitrogens with one attached hydrogen (secondary N) is 1. The third-order valence-corrected chi connectivity index (χ3v) is 7.87. The average Bonchev–Trinajstić information content (AvgIpc) is 3.38. The minimum Gasteiger partial charge on any atom is -0.379 e. The second-order valence-corrected chi connectivity index (χ2v) is 10.1. The second kappa shape index (κ2) is 9.34. The number of fused-ring (bicyclic) bond motifs is 3. The lowest BCUT2D eigenvalue weighted by atomic mass is 9.95. The van der Waals surface area contributed by atoms with Crippen LogP contribution in [-0.2, 0) is 28.9 Å². The van der Waals surface area contributed by atoms with E-state index in [0.717, 1.165) is 54.2 Å². The third kappa shape index (κ3) is 5.09. The van der Waals surface area contributed by atoms with Gasteiger partial charge in [0, 0.05) is 37.0 Å². The SMILES string of the molecule is O=C(NCC(F)(F)F)C1CCN(c2nc(CN3CCOCC3)nc3sc4c(c23)CCC4)CC1. The van der Waals surface area contributed by atoms with Gasteiger partial charge in [-0.05, 0) is 37.7 Å². The molecule has 4 heterocycles. The lowest BCUT2D eigenvalue weighted by molar-refractivity contribution is -0.141. The molecule has 33 heavy (non-hydrogen) atoms. The Hall–Kier alpha value is -1.98. The summed E-state index contributed by atoms with van der Waals surface area (Å²) in [5.74, 6) is 0.812. The molecule has 2 aromatic heterocycles. The molecule has 1 amide bonds. The number of carbonyl (C=O) groups excluding carboxylic acids is 1. The summed E-state index contributed by atoms with van der Waals surface area (Å²) in [5, 5.41) is 3.18. The Morgan fingerprint density at radius 2 is 1.88 bits per heavy atom. The normalized spacial score (nSPS) is 20.4. The zero-order valence-electron chi connectivity index (χ0n) is 18.4. The maximum absolute atomic E-state index is 12.5. The Morgan fingerprint density at radius 1 is 1.12 bits per heavy atom. The van der Waals surface area contributed by atoms with E-state index in [9.17, 15) is 18.0 Å². The van der Waals surface area contributed by atoms with Gasteiger partial charge in [-0.15, -0.1) is 11.3 Å². The predicted octanol–water partition coefficient (Wildman–Crippen LogP) is 2.91. The molecule has 2 fully saturated rings. The van der Waals surface area contributed by atoms with Gasteiger partial charge in [0.2, 0.25) is 5.91 Å². The van der Waals surface area contributed by atoms with Crippen molar-refractivity contribution < 1.29 is 22.7 Å². The molecule has 7 nitrogen and oxygen atoms in total. The summed E-state index contributed by atoms with van der Waals surface area (Å²) in [6.07, 6.45) is -0.103. The summed E-state index contributed by atoms with van der Waals surface area (Å²) >= 11 is 1.76. The van der Waals surface area contributed by atoms with Crippen LogP contribution in [0.15, 0.2) is 0 Å². The molecule has 0 unspecified atom stereocenters. The standard InChI is InChI=1S/C22H28F3N5O2S/c23-22(24,25)13-26-20(31)14-4-6-30(7-5-14)19-18-15-2-1-3-16(15)33-21(18)28-17(27-19)12-29-8-10-32-11-9-29/h14H,1-13H2,(H,26,31).